The number of aromatic carboxylic acids is 1. The molecule has 4 rings (SSSR count). The van der Waals surface area contributed by atoms with Crippen LogP contribution in [-0.4, -0.2) is 46.0 Å². The number of carboxylic acids is 1. The third-order valence-corrected chi connectivity index (χ3v) is 7.12. The van der Waals surface area contributed by atoms with Crippen LogP contribution in [0.1, 0.15) is 87.9 Å². The van der Waals surface area contributed by atoms with Crippen LogP contribution in [0.2, 0.25) is 0 Å². The summed E-state index contributed by atoms with van der Waals surface area (Å²) in [5.74, 6) is -0.0772. The van der Waals surface area contributed by atoms with Gasteiger partial charge in [0.05, 0.1) is 0 Å². The maximum atomic E-state index is 13.7. The Hall–Kier alpha value is -2.15. The summed E-state index contributed by atoms with van der Waals surface area (Å²) in [4.78, 5) is 27.7. The van der Waals surface area contributed by atoms with E-state index >= 15 is 0 Å². The number of nitrogens with zero attached hydrogens (tertiary/aromatic N) is 3. The van der Waals surface area contributed by atoms with Crippen LogP contribution in [0.4, 0.5) is 5.82 Å². The smallest absolute Gasteiger partial charge is 0.341 e. The largest absolute Gasteiger partial charge is 0.477 e. The quantitative estimate of drug-likeness (QED) is 0.732. The van der Waals surface area contributed by atoms with Gasteiger partial charge in [0, 0.05) is 37.1 Å². The molecule has 170 valence electrons. The maximum absolute atomic E-state index is 13.7. The lowest BCUT2D eigenvalue weighted by Gasteiger charge is -2.37. The summed E-state index contributed by atoms with van der Waals surface area (Å²) in [6.45, 7) is 3.41. The number of allylic oxidation sites excluding steroid dienone is 2. The fourth-order valence-corrected chi connectivity index (χ4v) is 5.15. The van der Waals surface area contributed by atoms with Gasteiger partial charge in [-0.25, -0.2) is 9.48 Å². The van der Waals surface area contributed by atoms with Crippen molar-refractivity contribution in [2.24, 2.45) is 11.8 Å². The van der Waals surface area contributed by atoms with Gasteiger partial charge in [0.2, 0.25) is 5.91 Å². The molecule has 7 heteroatoms. The summed E-state index contributed by atoms with van der Waals surface area (Å²) in [6, 6.07) is -0.0647. The molecule has 0 spiro atoms. The number of ether oxygens (including phenoxy) is 1. The first-order chi connectivity index (χ1) is 15.0. The third-order valence-electron chi connectivity index (χ3n) is 7.12. The molecule has 1 aromatic heterocycles. The first-order valence-electron chi connectivity index (χ1n) is 12.0. The molecular weight excluding hydrogens is 394 g/mol. The second-order valence-corrected chi connectivity index (χ2v) is 9.42. The van der Waals surface area contributed by atoms with Gasteiger partial charge >= 0.3 is 5.97 Å². The molecule has 0 bridgehead atoms. The molecule has 1 aromatic rings. The SMILES string of the molecule is CC1CCC(C(=O)N(c2nn(C3=CCCCCC3)cc2C(=O)O)C2CCOCC2)CC1. The molecule has 1 amide bonds. The monoisotopic (exact) mass is 429 g/mol. The zero-order chi connectivity index (χ0) is 21.8. The van der Waals surface area contributed by atoms with E-state index in [1.165, 1.54) is 6.42 Å². The number of rotatable bonds is 5. The molecule has 1 saturated carbocycles. The number of hydrogen-bond donors (Lipinski definition) is 1. The van der Waals surface area contributed by atoms with E-state index in [9.17, 15) is 14.7 Å². The molecule has 0 aromatic carbocycles. The van der Waals surface area contributed by atoms with Gasteiger partial charge in [0.25, 0.3) is 0 Å². The van der Waals surface area contributed by atoms with Crippen LogP contribution >= 0.6 is 0 Å². The second kappa shape index (κ2) is 9.98. The van der Waals surface area contributed by atoms with Gasteiger partial charge < -0.3 is 9.84 Å². The Kier molecular flexibility index (Phi) is 7.10. The number of carbonyl (C=O) groups excluding carboxylic acids is 1. The van der Waals surface area contributed by atoms with Gasteiger partial charge in [-0.2, -0.15) is 0 Å². The van der Waals surface area contributed by atoms with Crippen LogP contribution in [0, 0.1) is 11.8 Å². The zero-order valence-corrected chi connectivity index (χ0v) is 18.6. The number of amides is 1. The van der Waals surface area contributed by atoms with Gasteiger partial charge in [-0.05, 0) is 70.1 Å². The Morgan fingerprint density at radius 3 is 2.55 bits per heavy atom. The van der Waals surface area contributed by atoms with Crippen molar-refractivity contribution in [3.63, 3.8) is 0 Å². The summed E-state index contributed by atoms with van der Waals surface area (Å²) in [7, 11) is 0. The summed E-state index contributed by atoms with van der Waals surface area (Å²) >= 11 is 0. The topological polar surface area (TPSA) is 84.7 Å². The number of aromatic nitrogens is 2. The van der Waals surface area contributed by atoms with Crippen molar-refractivity contribution < 1.29 is 19.4 Å². The van der Waals surface area contributed by atoms with E-state index in [1.54, 1.807) is 15.8 Å². The molecule has 7 nitrogen and oxygen atoms in total. The lowest BCUT2D eigenvalue weighted by atomic mass is 9.82. The first-order valence-corrected chi connectivity index (χ1v) is 12.0. The normalized spacial score (nSPS) is 25.5. The van der Waals surface area contributed by atoms with E-state index in [4.69, 9.17) is 9.84 Å². The number of anilines is 1. The average molecular weight is 430 g/mol. The van der Waals surface area contributed by atoms with Gasteiger partial charge in [0.1, 0.15) is 5.56 Å². The minimum atomic E-state index is -1.03. The summed E-state index contributed by atoms with van der Waals surface area (Å²) in [5.41, 5.74) is 1.16. The van der Waals surface area contributed by atoms with Crippen molar-refractivity contribution in [2.75, 3.05) is 18.1 Å². The van der Waals surface area contributed by atoms with E-state index in [-0.39, 0.29) is 23.4 Å². The van der Waals surface area contributed by atoms with Crippen LogP contribution in [-0.2, 0) is 9.53 Å². The molecule has 0 atom stereocenters. The number of carboxylic acid groups (broad SMARTS) is 1. The van der Waals surface area contributed by atoms with Crippen LogP contribution < -0.4 is 4.90 Å². The van der Waals surface area contributed by atoms with E-state index in [0.717, 1.165) is 57.1 Å². The van der Waals surface area contributed by atoms with E-state index < -0.39 is 5.97 Å². The van der Waals surface area contributed by atoms with Crippen molar-refractivity contribution in [3.8, 4) is 0 Å². The summed E-state index contributed by atoms with van der Waals surface area (Å²) in [5, 5.41) is 14.7. The average Bonchev–Trinajstić information content (AvgIpc) is 3.02. The van der Waals surface area contributed by atoms with Gasteiger partial charge in [-0.3, -0.25) is 9.69 Å². The van der Waals surface area contributed by atoms with E-state index in [1.807, 2.05) is 0 Å². The predicted octanol–water partition coefficient (Wildman–Crippen LogP) is 4.72. The van der Waals surface area contributed by atoms with E-state index in [2.05, 4.69) is 13.0 Å². The maximum Gasteiger partial charge on any atom is 0.341 e. The highest BCUT2D eigenvalue weighted by Crippen LogP contribution is 2.34. The number of carbonyl (C=O) groups is 2. The van der Waals surface area contributed by atoms with Crippen molar-refractivity contribution >= 4 is 23.4 Å². The Morgan fingerprint density at radius 1 is 1.10 bits per heavy atom. The Morgan fingerprint density at radius 2 is 1.84 bits per heavy atom. The minimum absolute atomic E-state index is 0.0430. The van der Waals surface area contributed by atoms with Crippen molar-refractivity contribution in [3.05, 3.63) is 17.8 Å². The number of hydrogen-bond acceptors (Lipinski definition) is 4. The molecule has 2 aliphatic carbocycles. The minimum Gasteiger partial charge on any atom is -0.477 e. The molecule has 0 radical (unpaired) electrons. The lowest BCUT2D eigenvalue weighted by molar-refractivity contribution is -0.124. The van der Waals surface area contributed by atoms with Gasteiger partial charge in [0.15, 0.2) is 5.82 Å². The molecule has 2 heterocycles. The molecule has 0 unspecified atom stereocenters. The fourth-order valence-electron chi connectivity index (χ4n) is 5.15. The van der Waals surface area contributed by atoms with Crippen LogP contribution in [0.5, 0.6) is 0 Å². The molecule has 31 heavy (non-hydrogen) atoms. The van der Waals surface area contributed by atoms with E-state index in [0.29, 0.717) is 37.8 Å². The van der Waals surface area contributed by atoms with Crippen molar-refractivity contribution in [2.45, 2.75) is 83.6 Å². The fraction of sp³-hybridized carbons (Fsp3) is 0.708. The Balaban J connectivity index is 1.70. The predicted molar refractivity (Wildman–Crippen MR) is 119 cm³/mol. The highest BCUT2D eigenvalue weighted by atomic mass is 16.5. The molecule has 2 fully saturated rings. The van der Waals surface area contributed by atoms with Crippen molar-refractivity contribution in [1.82, 2.24) is 9.78 Å². The highest BCUT2D eigenvalue weighted by molar-refractivity contribution is 6.02. The Bertz CT molecular complexity index is 817. The van der Waals surface area contributed by atoms with Gasteiger partial charge in [-0.15, -0.1) is 5.10 Å². The Labute approximate surface area is 184 Å². The highest BCUT2D eigenvalue weighted by Gasteiger charge is 2.37. The van der Waals surface area contributed by atoms with Crippen LogP contribution in [0.25, 0.3) is 5.70 Å². The third kappa shape index (κ3) is 5.03. The van der Waals surface area contributed by atoms with Gasteiger partial charge in [-0.1, -0.05) is 19.4 Å². The first kappa shape index (κ1) is 22.1. The second-order valence-electron chi connectivity index (χ2n) is 9.42. The molecule has 3 aliphatic rings. The lowest BCUT2D eigenvalue weighted by Crippen LogP contribution is -2.47. The molecule has 1 saturated heterocycles. The zero-order valence-electron chi connectivity index (χ0n) is 18.6. The summed E-state index contributed by atoms with van der Waals surface area (Å²) < 4.78 is 7.24. The standard InChI is InChI=1S/C24H35N3O4/c1-17-8-10-18(11-9-17)23(28)27(20-12-14-31-15-13-20)22-21(24(29)30)16-26(25-22)19-6-4-2-3-5-7-19/h6,16-18,20H,2-5,7-15H2,1H3,(H,29,30). The van der Waals surface area contributed by atoms with Crippen LogP contribution in [0.15, 0.2) is 12.3 Å². The molecular formula is C24H35N3O4. The molecule has 1 aliphatic heterocycles. The summed E-state index contributed by atoms with van der Waals surface area (Å²) in [6.07, 6.45) is 14.3. The molecule has 1 N–H and O–H groups in total. The van der Waals surface area contributed by atoms with Crippen LogP contribution in [0.3, 0.4) is 0 Å². The van der Waals surface area contributed by atoms with Crippen molar-refractivity contribution in [1.29, 1.82) is 0 Å².